The van der Waals surface area contributed by atoms with Gasteiger partial charge in [-0.25, -0.2) is 0 Å². The molecule has 0 bridgehead atoms. The van der Waals surface area contributed by atoms with Gasteiger partial charge in [0.25, 0.3) is 0 Å². The van der Waals surface area contributed by atoms with E-state index in [9.17, 15) is 0 Å². The van der Waals surface area contributed by atoms with Gasteiger partial charge in [0.1, 0.15) is 0 Å². The Bertz CT molecular complexity index is 91.4. The molecule has 0 amide bonds. The molecule has 0 spiro atoms. The lowest BCUT2D eigenvalue weighted by Gasteiger charge is -2.14. The maximum Gasteiger partial charge on any atom is 0.0547 e. The van der Waals surface area contributed by atoms with E-state index >= 15 is 0 Å². The molecule has 2 heteroatoms. The summed E-state index contributed by atoms with van der Waals surface area (Å²) < 4.78 is 0. The summed E-state index contributed by atoms with van der Waals surface area (Å²) in [5.74, 6) is 0. The van der Waals surface area contributed by atoms with E-state index in [-0.39, 0.29) is 0 Å². The molecule has 60 valence electrons. The highest BCUT2D eigenvalue weighted by atomic mass is 15.2. The molecule has 0 aromatic rings. The molecule has 10 heavy (non-hydrogen) atoms. The van der Waals surface area contributed by atoms with E-state index in [0.717, 1.165) is 0 Å². The van der Waals surface area contributed by atoms with E-state index in [0.29, 0.717) is 18.2 Å². The number of hydrogen-bond acceptors (Lipinski definition) is 2. The summed E-state index contributed by atoms with van der Waals surface area (Å²) in [6.45, 7) is 6.65. The van der Waals surface area contributed by atoms with Crippen molar-refractivity contribution in [3.8, 4) is 0 Å². The summed E-state index contributed by atoms with van der Waals surface area (Å²) in [6.07, 6.45) is 2.97. The molecular formula is C8H18N2. The maximum atomic E-state index is 3.49. The molecule has 0 radical (unpaired) electrons. The van der Waals surface area contributed by atoms with E-state index in [1.807, 2.05) is 0 Å². The van der Waals surface area contributed by atoms with Crippen molar-refractivity contribution in [3.05, 3.63) is 0 Å². The van der Waals surface area contributed by atoms with Crippen LogP contribution in [0.5, 0.6) is 0 Å². The maximum absolute atomic E-state index is 3.49. The molecule has 0 saturated carbocycles. The van der Waals surface area contributed by atoms with Crippen molar-refractivity contribution in [2.75, 3.05) is 0 Å². The molecule has 0 aromatic heterocycles. The summed E-state index contributed by atoms with van der Waals surface area (Å²) >= 11 is 0. The van der Waals surface area contributed by atoms with Gasteiger partial charge in [0.05, 0.1) is 6.17 Å². The van der Waals surface area contributed by atoms with Gasteiger partial charge in [0.2, 0.25) is 0 Å². The first-order chi connectivity index (χ1) is 4.77. The topological polar surface area (TPSA) is 24.1 Å². The smallest absolute Gasteiger partial charge is 0.0547 e. The fourth-order valence-corrected chi connectivity index (χ4v) is 1.73. The zero-order valence-electron chi connectivity index (χ0n) is 7.15. The number of rotatable bonds is 2. The Labute approximate surface area is 63.4 Å². The van der Waals surface area contributed by atoms with Crippen molar-refractivity contribution in [3.63, 3.8) is 0 Å². The van der Waals surface area contributed by atoms with Crippen LogP contribution in [0.4, 0.5) is 0 Å². The van der Waals surface area contributed by atoms with Crippen LogP contribution in [0, 0.1) is 0 Å². The van der Waals surface area contributed by atoms with Crippen molar-refractivity contribution in [2.24, 2.45) is 0 Å². The second-order valence-electron chi connectivity index (χ2n) is 3.08. The Morgan fingerprint density at radius 2 is 1.40 bits per heavy atom. The predicted molar refractivity (Wildman–Crippen MR) is 43.9 cm³/mol. The van der Waals surface area contributed by atoms with E-state index < -0.39 is 0 Å². The standard InChI is InChI=1S/C8H18N2/c1-4-7-8(5-2)10-6(3)9-7/h6-10H,4-5H2,1-3H3. The molecule has 1 aliphatic rings. The minimum atomic E-state index is 0.509. The van der Waals surface area contributed by atoms with Gasteiger partial charge in [-0.1, -0.05) is 13.8 Å². The van der Waals surface area contributed by atoms with Gasteiger partial charge < -0.3 is 0 Å². The molecule has 1 saturated heterocycles. The number of nitrogens with one attached hydrogen (secondary N) is 2. The van der Waals surface area contributed by atoms with Crippen LogP contribution in [0.25, 0.3) is 0 Å². The van der Waals surface area contributed by atoms with Crippen LogP contribution in [-0.2, 0) is 0 Å². The summed E-state index contributed by atoms with van der Waals surface area (Å²) in [5.41, 5.74) is 0. The second-order valence-corrected chi connectivity index (χ2v) is 3.08. The van der Waals surface area contributed by atoms with Crippen molar-refractivity contribution < 1.29 is 0 Å². The lowest BCUT2D eigenvalue weighted by molar-refractivity contribution is 0.484. The van der Waals surface area contributed by atoms with Crippen molar-refractivity contribution in [2.45, 2.75) is 51.9 Å². The SMILES string of the molecule is CCC1NC(C)NC1CC. The van der Waals surface area contributed by atoms with E-state index in [2.05, 4.69) is 31.4 Å². The van der Waals surface area contributed by atoms with Gasteiger partial charge in [-0.3, -0.25) is 10.6 Å². The van der Waals surface area contributed by atoms with Crippen molar-refractivity contribution in [1.29, 1.82) is 0 Å². The molecule has 1 rings (SSSR count). The average Bonchev–Trinajstić information content (AvgIpc) is 2.30. The van der Waals surface area contributed by atoms with Crippen molar-refractivity contribution >= 4 is 0 Å². The zero-order valence-corrected chi connectivity index (χ0v) is 7.15. The highest BCUT2D eigenvalue weighted by Gasteiger charge is 2.26. The van der Waals surface area contributed by atoms with Crippen LogP contribution in [0.2, 0.25) is 0 Å². The Morgan fingerprint density at radius 3 is 1.70 bits per heavy atom. The summed E-state index contributed by atoms with van der Waals surface area (Å²) in [6, 6.07) is 1.39. The number of hydrogen-bond donors (Lipinski definition) is 2. The third-order valence-electron chi connectivity index (χ3n) is 2.29. The lowest BCUT2D eigenvalue weighted by Crippen LogP contribution is -2.31. The van der Waals surface area contributed by atoms with Crippen LogP contribution >= 0.6 is 0 Å². The molecule has 1 heterocycles. The molecule has 1 aliphatic heterocycles. The quantitative estimate of drug-likeness (QED) is 0.603. The summed E-state index contributed by atoms with van der Waals surface area (Å²) in [5, 5.41) is 6.99. The molecule has 0 aromatic carbocycles. The fraction of sp³-hybridized carbons (Fsp3) is 1.00. The predicted octanol–water partition coefficient (Wildman–Crippen LogP) is 1.08. The minimum absolute atomic E-state index is 0.509. The minimum Gasteiger partial charge on any atom is -0.298 e. The molecule has 1 fully saturated rings. The van der Waals surface area contributed by atoms with E-state index in [1.54, 1.807) is 0 Å². The molecule has 2 N–H and O–H groups in total. The monoisotopic (exact) mass is 142 g/mol. The largest absolute Gasteiger partial charge is 0.298 e. The van der Waals surface area contributed by atoms with Gasteiger partial charge in [-0.05, 0) is 19.8 Å². The third kappa shape index (κ3) is 1.50. The Balaban J connectivity index is 2.41. The summed E-state index contributed by atoms with van der Waals surface area (Å²) in [7, 11) is 0. The normalized spacial score (nSPS) is 40.5. The van der Waals surface area contributed by atoms with Gasteiger partial charge in [0.15, 0.2) is 0 Å². The van der Waals surface area contributed by atoms with Gasteiger partial charge in [0, 0.05) is 12.1 Å². The highest BCUT2D eigenvalue weighted by molar-refractivity contribution is 4.89. The first kappa shape index (κ1) is 8.02. The van der Waals surface area contributed by atoms with Gasteiger partial charge in [-0.2, -0.15) is 0 Å². The Kier molecular flexibility index (Phi) is 2.69. The van der Waals surface area contributed by atoms with Crippen molar-refractivity contribution in [1.82, 2.24) is 10.6 Å². The molecular weight excluding hydrogens is 124 g/mol. The second kappa shape index (κ2) is 3.35. The lowest BCUT2D eigenvalue weighted by atomic mass is 10.1. The van der Waals surface area contributed by atoms with Gasteiger partial charge >= 0.3 is 0 Å². The van der Waals surface area contributed by atoms with Crippen LogP contribution in [0.15, 0.2) is 0 Å². The first-order valence-electron chi connectivity index (χ1n) is 4.30. The first-order valence-corrected chi connectivity index (χ1v) is 4.30. The third-order valence-corrected chi connectivity index (χ3v) is 2.29. The summed E-state index contributed by atoms with van der Waals surface area (Å²) in [4.78, 5) is 0. The van der Waals surface area contributed by atoms with E-state index in [1.165, 1.54) is 12.8 Å². The average molecular weight is 142 g/mol. The fourth-order valence-electron chi connectivity index (χ4n) is 1.73. The molecule has 0 aliphatic carbocycles. The Morgan fingerprint density at radius 1 is 1.00 bits per heavy atom. The van der Waals surface area contributed by atoms with Crippen LogP contribution < -0.4 is 10.6 Å². The van der Waals surface area contributed by atoms with Crippen LogP contribution in [-0.4, -0.2) is 18.2 Å². The highest BCUT2D eigenvalue weighted by Crippen LogP contribution is 2.10. The Hall–Kier alpha value is -0.0800. The van der Waals surface area contributed by atoms with E-state index in [4.69, 9.17) is 0 Å². The molecule has 2 unspecified atom stereocenters. The zero-order chi connectivity index (χ0) is 7.56. The van der Waals surface area contributed by atoms with Gasteiger partial charge in [-0.15, -0.1) is 0 Å². The molecule has 2 atom stereocenters. The van der Waals surface area contributed by atoms with Crippen LogP contribution in [0.1, 0.15) is 33.6 Å². The molecule has 2 nitrogen and oxygen atoms in total. The van der Waals surface area contributed by atoms with Crippen LogP contribution in [0.3, 0.4) is 0 Å².